The Bertz CT molecular complexity index is 637. The second kappa shape index (κ2) is 48.1. The maximum atomic E-state index is 12.7. The van der Waals surface area contributed by atoms with E-state index >= 15 is 0 Å². The van der Waals surface area contributed by atoms with Crippen molar-refractivity contribution in [3.8, 4) is 0 Å². The smallest absolute Gasteiger partial charge is 0.308 e. The van der Waals surface area contributed by atoms with Crippen LogP contribution in [0.25, 0.3) is 0 Å². The predicted octanol–water partition coefficient (Wildman–Crippen LogP) is 13.2. The molecule has 0 saturated carbocycles. The molecule has 0 fully saturated rings. The summed E-state index contributed by atoms with van der Waals surface area (Å²) in [6.45, 7) is 16.6. The zero-order valence-electron chi connectivity index (χ0n) is 35.1. The monoisotopic (exact) mass is 895 g/mol. The summed E-state index contributed by atoms with van der Waals surface area (Å²) in [6.07, 6.45) is 38.7. The molecule has 0 aliphatic rings. The molecule has 0 aromatic heterocycles. The molecule has 0 saturated heterocycles. The second-order valence-electron chi connectivity index (χ2n) is 15.2. The van der Waals surface area contributed by atoms with Gasteiger partial charge in [-0.2, -0.15) is 6.42 Å². The number of ether oxygens (including phenoxy) is 1. The van der Waals surface area contributed by atoms with E-state index in [2.05, 4.69) is 39.5 Å². The molecule has 0 aliphatic carbocycles. The molecule has 2 unspecified atom stereocenters. The van der Waals surface area contributed by atoms with Crippen LogP contribution >= 0.6 is 0 Å². The molecule has 0 bridgehead atoms. The third kappa shape index (κ3) is 44.3. The van der Waals surface area contributed by atoms with Crippen LogP contribution in [0.3, 0.4) is 0 Å². The molecule has 0 radical (unpaired) electrons. The Balaban J connectivity index is -0.00000114. The summed E-state index contributed by atoms with van der Waals surface area (Å²) < 4.78 is 5.71. The Kier molecular flexibility index (Phi) is 52.2. The van der Waals surface area contributed by atoms with E-state index in [1.54, 1.807) is 0 Å². The van der Waals surface area contributed by atoms with Gasteiger partial charge < -0.3 is 26.8 Å². The van der Waals surface area contributed by atoms with Crippen LogP contribution in [0, 0.1) is 12.8 Å². The molecule has 308 valence electrons. The van der Waals surface area contributed by atoms with Crippen LogP contribution in [0.5, 0.6) is 0 Å². The normalized spacial score (nSPS) is 12.3. The fourth-order valence-electron chi connectivity index (χ4n) is 6.73. The van der Waals surface area contributed by atoms with Crippen LogP contribution in [-0.4, -0.2) is 60.0 Å². The van der Waals surface area contributed by atoms with Gasteiger partial charge >= 0.3 is 5.97 Å². The first-order chi connectivity index (χ1) is 24.5. The number of esters is 1. The van der Waals surface area contributed by atoms with Gasteiger partial charge in [0.2, 0.25) is 0 Å². The van der Waals surface area contributed by atoms with Crippen molar-refractivity contribution in [2.75, 3.05) is 32.8 Å². The molecule has 0 aliphatic heterocycles. The molecule has 6 heteroatoms. The van der Waals surface area contributed by atoms with Crippen LogP contribution in [0.2, 0.25) is 0 Å². The molecule has 0 aromatic carbocycles. The average molecular weight is 895 g/mol. The number of unbranched alkanes of at least 4 members (excludes halogenated alkanes) is 22. The molecule has 51 heavy (non-hydrogen) atoms. The first-order valence-corrected chi connectivity index (χ1v) is 22.5. The van der Waals surface area contributed by atoms with Crippen molar-refractivity contribution in [1.29, 1.82) is 0 Å². The van der Waals surface area contributed by atoms with E-state index in [1.165, 1.54) is 135 Å². The fraction of sp³-hybridized carbons (Fsp3) is 0.956. The van der Waals surface area contributed by atoms with Crippen LogP contribution < -0.4 is 0 Å². The fourth-order valence-corrected chi connectivity index (χ4v) is 6.73. The minimum Gasteiger partial charge on any atom is -0.465 e. The van der Waals surface area contributed by atoms with Gasteiger partial charge in [-0.15, -0.1) is 0 Å². The Labute approximate surface area is 335 Å². The third-order valence-corrected chi connectivity index (χ3v) is 10.2. The van der Waals surface area contributed by atoms with E-state index in [-0.39, 0.29) is 45.7 Å². The van der Waals surface area contributed by atoms with Gasteiger partial charge in [0.25, 0.3) is 0 Å². The maximum Gasteiger partial charge on any atom is 0.308 e. The van der Waals surface area contributed by atoms with Crippen molar-refractivity contribution >= 4 is 5.97 Å². The number of aliphatic hydroxyl groups excluding tert-OH is 2. The summed E-state index contributed by atoms with van der Waals surface area (Å²) in [5.41, 5.74) is 0. The molecule has 0 heterocycles. The van der Waals surface area contributed by atoms with E-state index in [0.29, 0.717) is 6.61 Å². The van der Waals surface area contributed by atoms with Crippen LogP contribution in [0.4, 0.5) is 0 Å². The number of hydrogen-bond donors (Lipinski definition) is 2. The molecule has 2 atom stereocenters. The average Bonchev–Trinajstić information content (AvgIpc) is 3.12. The van der Waals surface area contributed by atoms with Crippen molar-refractivity contribution < 1.29 is 40.8 Å². The zero-order chi connectivity index (χ0) is 37.2. The molecule has 0 spiro atoms. The molecular weight excluding hydrogens is 802 g/mol. The number of nitrogens with zero attached hydrogens (tertiary/aromatic N) is 1. The molecule has 2 N–H and O–H groups in total. The Morgan fingerprint density at radius 1 is 0.529 bits per heavy atom. The first-order valence-electron chi connectivity index (χ1n) is 22.5. The van der Waals surface area contributed by atoms with Gasteiger partial charge in [0.15, 0.2) is 0 Å². The number of carbonyl (C=O) groups excluding carboxylic acids is 1. The molecule has 0 aromatic rings. The molecule has 0 amide bonds. The SMILES string of the molecule is CCCCCCCCC(O)CCCCCC.[CH2-]CCCCCN(CCO)CCCCCCOC(=O)C(CCCCCC)CCCCCCCC.[W]. The Morgan fingerprint density at radius 2 is 0.902 bits per heavy atom. The topological polar surface area (TPSA) is 70.0 Å². The van der Waals surface area contributed by atoms with Gasteiger partial charge in [-0.25, -0.2) is 0 Å². The minimum absolute atomic E-state index is 0. The maximum absolute atomic E-state index is 12.7. The Hall–Kier alpha value is 0.0383. The first kappa shape index (κ1) is 55.4. The quantitative estimate of drug-likeness (QED) is 0.0365. The van der Waals surface area contributed by atoms with Gasteiger partial charge in [0.05, 0.1) is 25.2 Å². The molecule has 5 nitrogen and oxygen atoms in total. The summed E-state index contributed by atoms with van der Waals surface area (Å²) in [4.78, 5) is 15.1. The van der Waals surface area contributed by atoms with E-state index in [1.807, 2.05) is 0 Å². The molecular formula is C45H92NO4W-. The standard InChI is InChI=1S/C30H60NO3.C15H32O.W/c1-4-7-10-13-14-18-23-29(22-17-11-8-5-2)30(33)34-28-21-16-15-20-25-31(26-27-32)24-19-12-9-6-3;1-3-5-7-9-10-12-14-15(16)13-11-8-6-4-2;/h29,32H,3-28H2,1-2H3;15-16H,3-14H2,1-2H3;/q-1;;. The Morgan fingerprint density at radius 3 is 1.35 bits per heavy atom. The van der Waals surface area contributed by atoms with E-state index in [0.717, 1.165) is 90.3 Å². The number of rotatable bonds is 39. The van der Waals surface area contributed by atoms with E-state index in [4.69, 9.17) is 4.74 Å². The van der Waals surface area contributed by atoms with Crippen LogP contribution in [0.15, 0.2) is 0 Å². The molecule has 0 rings (SSSR count). The van der Waals surface area contributed by atoms with Crippen molar-refractivity contribution in [1.82, 2.24) is 4.90 Å². The third-order valence-electron chi connectivity index (χ3n) is 10.2. The van der Waals surface area contributed by atoms with Crippen LogP contribution in [0.1, 0.15) is 233 Å². The number of aliphatic hydroxyl groups is 2. The van der Waals surface area contributed by atoms with Crippen molar-refractivity contribution in [2.45, 2.75) is 239 Å². The van der Waals surface area contributed by atoms with Gasteiger partial charge in [-0.05, 0) is 58.0 Å². The zero-order valence-corrected chi connectivity index (χ0v) is 38.0. The number of hydrogen-bond acceptors (Lipinski definition) is 5. The largest absolute Gasteiger partial charge is 0.465 e. The van der Waals surface area contributed by atoms with E-state index < -0.39 is 0 Å². The van der Waals surface area contributed by atoms with Gasteiger partial charge in [0, 0.05) is 27.6 Å². The summed E-state index contributed by atoms with van der Waals surface area (Å²) in [7, 11) is 0. The minimum atomic E-state index is -0.0250. The summed E-state index contributed by atoms with van der Waals surface area (Å²) in [5.74, 6) is 0.167. The van der Waals surface area contributed by atoms with Crippen molar-refractivity contribution in [3.05, 3.63) is 6.92 Å². The van der Waals surface area contributed by atoms with Gasteiger partial charge in [-0.3, -0.25) is 4.79 Å². The van der Waals surface area contributed by atoms with Crippen LogP contribution in [-0.2, 0) is 30.6 Å². The van der Waals surface area contributed by atoms with Crippen molar-refractivity contribution in [3.63, 3.8) is 0 Å². The summed E-state index contributed by atoms with van der Waals surface area (Å²) >= 11 is 0. The van der Waals surface area contributed by atoms with E-state index in [9.17, 15) is 15.0 Å². The van der Waals surface area contributed by atoms with Gasteiger partial charge in [0.1, 0.15) is 0 Å². The summed E-state index contributed by atoms with van der Waals surface area (Å²) in [6, 6.07) is 0. The number of carbonyl (C=O) groups is 1. The van der Waals surface area contributed by atoms with Gasteiger partial charge in [-0.1, -0.05) is 182 Å². The summed E-state index contributed by atoms with van der Waals surface area (Å²) in [5, 5.41) is 19.0. The second-order valence-corrected chi connectivity index (χ2v) is 15.2. The predicted molar refractivity (Wildman–Crippen MR) is 220 cm³/mol. The van der Waals surface area contributed by atoms with Crippen molar-refractivity contribution in [2.24, 2.45) is 5.92 Å².